The molecule has 0 atom stereocenters. The predicted octanol–water partition coefficient (Wildman–Crippen LogP) is 3.29. The number of carboxylic acids is 1. The standard InChI is InChI=1S/C20H22N2O4.ClH/c23-19(24)13-26-18-7-3-16(4-8-18)20(25)22-17-5-1-14(2-6-17)15-9-11-21-12-10-15;/h1-8,15,21H,9-13H2,(H,22,25)(H,23,24);1H. The molecule has 144 valence electrons. The lowest BCUT2D eigenvalue weighted by molar-refractivity contribution is -0.139. The fourth-order valence-corrected chi connectivity index (χ4v) is 3.04. The largest absolute Gasteiger partial charge is 0.482 e. The summed E-state index contributed by atoms with van der Waals surface area (Å²) in [6.07, 6.45) is 2.28. The van der Waals surface area contributed by atoms with Crippen LogP contribution in [0.15, 0.2) is 48.5 Å². The zero-order valence-electron chi connectivity index (χ0n) is 14.8. The van der Waals surface area contributed by atoms with E-state index in [4.69, 9.17) is 9.84 Å². The summed E-state index contributed by atoms with van der Waals surface area (Å²) >= 11 is 0. The molecule has 0 saturated carbocycles. The third kappa shape index (κ3) is 5.98. The first-order chi connectivity index (χ1) is 12.6. The number of ether oxygens (including phenoxy) is 1. The minimum absolute atomic E-state index is 0. The first kappa shape index (κ1) is 20.7. The molecule has 0 radical (unpaired) electrons. The van der Waals surface area contributed by atoms with Crippen molar-refractivity contribution in [2.75, 3.05) is 25.0 Å². The lowest BCUT2D eigenvalue weighted by Crippen LogP contribution is -2.26. The van der Waals surface area contributed by atoms with Crippen LogP contribution in [0.2, 0.25) is 0 Å². The predicted molar refractivity (Wildman–Crippen MR) is 106 cm³/mol. The van der Waals surface area contributed by atoms with Gasteiger partial charge in [-0.1, -0.05) is 12.1 Å². The minimum atomic E-state index is -1.04. The van der Waals surface area contributed by atoms with Crippen molar-refractivity contribution in [2.24, 2.45) is 0 Å². The van der Waals surface area contributed by atoms with Crippen molar-refractivity contribution in [3.05, 3.63) is 59.7 Å². The van der Waals surface area contributed by atoms with E-state index in [2.05, 4.69) is 22.8 Å². The number of benzene rings is 2. The van der Waals surface area contributed by atoms with Crippen LogP contribution in [-0.4, -0.2) is 36.7 Å². The molecule has 0 unspecified atom stereocenters. The van der Waals surface area contributed by atoms with E-state index in [1.54, 1.807) is 24.3 Å². The summed E-state index contributed by atoms with van der Waals surface area (Å²) in [5.41, 5.74) is 2.54. The zero-order chi connectivity index (χ0) is 18.4. The topological polar surface area (TPSA) is 87.7 Å². The summed E-state index contributed by atoms with van der Waals surface area (Å²) in [7, 11) is 0. The summed E-state index contributed by atoms with van der Waals surface area (Å²) in [6.45, 7) is 1.69. The lowest BCUT2D eigenvalue weighted by Gasteiger charge is -2.23. The van der Waals surface area contributed by atoms with Gasteiger partial charge in [-0.3, -0.25) is 4.79 Å². The number of anilines is 1. The number of hydrogen-bond donors (Lipinski definition) is 3. The molecule has 0 spiro atoms. The van der Waals surface area contributed by atoms with Gasteiger partial charge in [-0.25, -0.2) is 4.79 Å². The molecule has 0 bridgehead atoms. The van der Waals surface area contributed by atoms with E-state index in [-0.39, 0.29) is 18.3 Å². The van der Waals surface area contributed by atoms with Crippen LogP contribution in [0.5, 0.6) is 5.75 Å². The fraction of sp³-hybridized carbons (Fsp3) is 0.300. The molecule has 1 fully saturated rings. The van der Waals surface area contributed by atoms with Crippen molar-refractivity contribution in [3.63, 3.8) is 0 Å². The highest BCUT2D eigenvalue weighted by molar-refractivity contribution is 6.04. The lowest BCUT2D eigenvalue weighted by atomic mass is 9.90. The second kappa shape index (κ2) is 9.94. The van der Waals surface area contributed by atoms with E-state index in [1.807, 2.05) is 12.1 Å². The second-order valence-electron chi connectivity index (χ2n) is 6.31. The van der Waals surface area contributed by atoms with Crippen molar-refractivity contribution in [1.29, 1.82) is 0 Å². The summed E-state index contributed by atoms with van der Waals surface area (Å²) in [5, 5.41) is 14.8. The zero-order valence-corrected chi connectivity index (χ0v) is 15.6. The Balaban J connectivity index is 0.00000261. The van der Waals surface area contributed by atoms with Gasteiger partial charge in [0, 0.05) is 11.3 Å². The van der Waals surface area contributed by atoms with Gasteiger partial charge in [-0.15, -0.1) is 12.4 Å². The van der Waals surface area contributed by atoms with E-state index in [0.29, 0.717) is 17.2 Å². The van der Waals surface area contributed by atoms with Gasteiger partial charge in [0.1, 0.15) is 5.75 Å². The molecule has 6 nitrogen and oxygen atoms in total. The number of carbonyl (C=O) groups is 2. The third-order valence-electron chi connectivity index (χ3n) is 4.46. The smallest absolute Gasteiger partial charge is 0.341 e. The Kier molecular flexibility index (Phi) is 7.64. The van der Waals surface area contributed by atoms with Gasteiger partial charge in [0.25, 0.3) is 5.91 Å². The average Bonchev–Trinajstić information content (AvgIpc) is 2.68. The van der Waals surface area contributed by atoms with Crippen LogP contribution in [0.3, 0.4) is 0 Å². The molecule has 2 aromatic carbocycles. The Labute approximate surface area is 164 Å². The van der Waals surface area contributed by atoms with E-state index in [1.165, 1.54) is 5.56 Å². The summed E-state index contributed by atoms with van der Waals surface area (Å²) in [4.78, 5) is 22.8. The number of aliphatic carboxylic acids is 1. The molecule has 0 aromatic heterocycles. The molecule has 1 saturated heterocycles. The number of hydrogen-bond acceptors (Lipinski definition) is 4. The Morgan fingerprint density at radius 2 is 1.67 bits per heavy atom. The molecule has 27 heavy (non-hydrogen) atoms. The van der Waals surface area contributed by atoms with Gasteiger partial charge < -0.3 is 20.5 Å². The van der Waals surface area contributed by atoms with Crippen LogP contribution in [0, 0.1) is 0 Å². The minimum Gasteiger partial charge on any atom is -0.482 e. The normalized spacial score (nSPS) is 14.1. The summed E-state index contributed by atoms with van der Waals surface area (Å²) in [5.74, 6) is -0.265. The number of piperidine rings is 1. The van der Waals surface area contributed by atoms with Gasteiger partial charge in [-0.05, 0) is 73.8 Å². The Morgan fingerprint density at radius 1 is 1.04 bits per heavy atom. The number of halogens is 1. The van der Waals surface area contributed by atoms with Gasteiger partial charge >= 0.3 is 5.97 Å². The number of amides is 1. The molecule has 1 aliphatic rings. The van der Waals surface area contributed by atoms with E-state index in [0.717, 1.165) is 31.6 Å². The highest BCUT2D eigenvalue weighted by Crippen LogP contribution is 2.26. The first-order valence-corrected chi connectivity index (χ1v) is 8.68. The number of nitrogens with one attached hydrogen (secondary N) is 2. The molecule has 3 rings (SSSR count). The first-order valence-electron chi connectivity index (χ1n) is 8.68. The van der Waals surface area contributed by atoms with E-state index >= 15 is 0 Å². The second-order valence-corrected chi connectivity index (χ2v) is 6.31. The summed E-state index contributed by atoms with van der Waals surface area (Å²) in [6, 6.07) is 14.4. The van der Waals surface area contributed by atoms with Gasteiger partial charge in [0.15, 0.2) is 6.61 Å². The van der Waals surface area contributed by atoms with Crippen molar-refractivity contribution >= 4 is 30.0 Å². The number of carbonyl (C=O) groups excluding carboxylic acids is 1. The van der Waals surface area contributed by atoms with Crippen molar-refractivity contribution in [2.45, 2.75) is 18.8 Å². The Hall–Kier alpha value is -2.57. The van der Waals surface area contributed by atoms with Gasteiger partial charge in [-0.2, -0.15) is 0 Å². The van der Waals surface area contributed by atoms with Crippen LogP contribution < -0.4 is 15.4 Å². The molecule has 7 heteroatoms. The Morgan fingerprint density at radius 3 is 2.26 bits per heavy atom. The van der Waals surface area contributed by atoms with E-state index in [9.17, 15) is 9.59 Å². The van der Waals surface area contributed by atoms with Gasteiger partial charge in [0.05, 0.1) is 0 Å². The van der Waals surface area contributed by atoms with Crippen molar-refractivity contribution in [1.82, 2.24) is 5.32 Å². The molecule has 1 amide bonds. The quantitative estimate of drug-likeness (QED) is 0.704. The molecule has 0 aliphatic carbocycles. The third-order valence-corrected chi connectivity index (χ3v) is 4.46. The highest BCUT2D eigenvalue weighted by Gasteiger charge is 2.15. The highest BCUT2D eigenvalue weighted by atomic mass is 35.5. The van der Waals surface area contributed by atoms with Crippen LogP contribution in [0.1, 0.15) is 34.7 Å². The van der Waals surface area contributed by atoms with Crippen LogP contribution in [0.25, 0.3) is 0 Å². The SMILES string of the molecule is Cl.O=C(O)COc1ccc(C(=O)Nc2ccc(C3CCNCC3)cc2)cc1. The maximum atomic E-state index is 12.3. The molecular formula is C20H23ClN2O4. The average molecular weight is 391 g/mol. The molecule has 1 heterocycles. The van der Waals surface area contributed by atoms with Crippen LogP contribution >= 0.6 is 12.4 Å². The van der Waals surface area contributed by atoms with Crippen LogP contribution in [-0.2, 0) is 4.79 Å². The maximum absolute atomic E-state index is 12.3. The monoisotopic (exact) mass is 390 g/mol. The maximum Gasteiger partial charge on any atom is 0.341 e. The van der Waals surface area contributed by atoms with Crippen molar-refractivity contribution in [3.8, 4) is 5.75 Å². The fourth-order valence-electron chi connectivity index (χ4n) is 3.04. The van der Waals surface area contributed by atoms with Gasteiger partial charge in [0.2, 0.25) is 0 Å². The van der Waals surface area contributed by atoms with Crippen molar-refractivity contribution < 1.29 is 19.4 Å². The molecule has 2 aromatic rings. The molecule has 3 N–H and O–H groups in total. The number of carboxylic acid groups (broad SMARTS) is 1. The van der Waals surface area contributed by atoms with E-state index < -0.39 is 12.6 Å². The molecular weight excluding hydrogens is 368 g/mol. The molecule has 1 aliphatic heterocycles. The Bertz CT molecular complexity index is 757. The summed E-state index contributed by atoms with van der Waals surface area (Å²) < 4.78 is 5.06. The number of rotatable bonds is 6. The van der Waals surface area contributed by atoms with Crippen LogP contribution in [0.4, 0.5) is 5.69 Å².